The van der Waals surface area contributed by atoms with Gasteiger partial charge in [0.05, 0.1) is 23.6 Å². The summed E-state index contributed by atoms with van der Waals surface area (Å²) >= 11 is 0. The molecule has 0 aromatic heterocycles. The Hall–Kier alpha value is -3.92. The summed E-state index contributed by atoms with van der Waals surface area (Å²) in [7, 11) is 1.51. The summed E-state index contributed by atoms with van der Waals surface area (Å²) in [5.74, 6) is -2.02. The Morgan fingerprint density at radius 3 is 2.43 bits per heavy atom. The SMILES string of the molecule is CCN(CC)CCN1C(=O)C(=O)/C(=C(\O)c2ccc(OC)c(C)c2)C1c1ccc(O)c([N+](=O)[O-])c1. The standard InChI is InChI=1S/C25H29N3O7/c1-5-26(6-2)11-12-27-22(16-7-9-19(29)18(14-16)28(33)34)21(24(31)25(27)32)23(30)17-8-10-20(35-4)15(3)13-17/h7-10,13-14,22,29-30H,5-6,11-12H2,1-4H3/b23-21-. The number of Topliss-reactive ketones (excluding diaryl/α,β-unsaturated/α-hetero) is 1. The topological polar surface area (TPSA) is 133 Å². The molecule has 3 rings (SSSR count). The molecule has 10 heteroatoms. The molecule has 0 saturated carbocycles. The third kappa shape index (κ3) is 4.97. The fraction of sp³-hybridized carbons (Fsp3) is 0.360. The van der Waals surface area contributed by atoms with Crippen LogP contribution in [-0.2, 0) is 9.59 Å². The van der Waals surface area contributed by atoms with Crippen molar-refractivity contribution in [3.63, 3.8) is 0 Å². The molecule has 2 N–H and O–H groups in total. The average molecular weight is 484 g/mol. The van der Waals surface area contributed by atoms with Crippen LogP contribution in [0.2, 0.25) is 0 Å². The average Bonchev–Trinajstić information content (AvgIpc) is 3.09. The number of ketones is 1. The first-order valence-corrected chi connectivity index (χ1v) is 11.3. The Balaban J connectivity index is 2.19. The smallest absolute Gasteiger partial charge is 0.311 e. The molecule has 1 atom stereocenters. The zero-order valence-corrected chi connectivity index (χ0v) is 20.1. The van der Waals surface area contributed by atoms with E-state index in [1.54, 1.807) is 25.1 Å². The second kappa shape index (κ2) is 10.6. The number of nitro benzene ring substituents is 1. The van der Waals surface area contributed by atoms with Crippen LogP contribution in [0.1, 0.15) is 36.6 Å². The molecule has 2 aromatic rings. The second-order valence-electron chi connectivity index (χ2n) is 8.21. The van der Waals surface area contributed by atoms with E-state index in [1.807, 2.05) is 13.8 Å². The number of carbonyl (C=O) groups excluding carboxylic acids is 2. The maximum Gasteiger partial charge on any atom is 0.311 e. The minimum atomic E-state index is -1.06. The largest absolute Gasteiger partial charge is 0.507 e. The van der Waals surface area contributed by atoms with Gasteiger partial charge in [-0.15, -0.1) is 0 Å². The van der Waals surface area contributed by atoms with Crippen LogP contribution in [0.25, 0.3) is 5.76 Å². The van der Waals surface area contributed by atoms with Crippen LogP contribution in [0, 0.1) is 17.0 Å². The first-order chi connectivity index (χ1) is 16.6. The first kappa shape index (κ1) is 25.7. The number of likely N-dealkylation sites (tertiary alicyclic amines) is 1. The molecule has 0 bridgehead atoms. The number of amides is 1. The number of aromatic hydroxyl groups is 1. The van der Waals surface area contributed by atoms with Gasteiger partial charge >= 0.3 is 5.69 Å². The van der Waals surface area contributed by atoms with E-state index in [2.05, 4.69) is 4.90 Å². The number of aliphatic hydroxyl groups is 1. The molecule has 1 fully saturated rings. The van der Waals surface area contributed by atoms with Crippen molar-refractivity contribution in [2.24, 2.45) is 0 Å². The van der Waals surface area contributed by atoms with Crippen molar-refractivity contribution >= 4 is 23.1 Å². The van der Waals surface area contributed by atoms with Gasteiger partial charge in [-0.05, 0) is 55.4 Å². The highest BCUT2D eigenvalue weighted by Gasteiger charge is 2.46. The zero-order valence-electron chi connectivity index (χ0n) is 20.1. The summed E-state index contributed by atoms with van der Waals surface area (Å²) in [4.78, 5) is 40.3. The summed E-state index contributed by atoms with van der Waals surface area (Å²) in [5, 5.41) is 32.6. The van der Waals surface area contributed by atoms with Crippen LogP contribution >= 0.6 is 0 Å². The number of phenolic OH excluding ortho intramolecular Hbond substituents is 1. The number of rotatable bonds is 9. The molecule has 1 unspecified atom stereocenters. The Morgan fingerprint density at radius 2 is 1.86 bits per heavy atom. The number of likely N-dealkylation sites (N-methyl/N-ethyl adjacent to an activating group) is 1. The van der Waals surface area contributed by atoms with Gasteiger partial charge in [0.2, 0.25) is 0 Å². The predicted octanol–water partition coefficient (Wildman–Crippen LogP) is 3.38. The molecular formula is C25H29N3O7. The van der Waals surface area contributed by atoms with Crippen molar-refractivity contribution < 1.29 is 29.5 Å². The van der Waals surface area contributed by atoms with Crippen LogP contribution in [0.3, 0.4) is 0 Å². The molecule has 2 aromatic carbocycles. The lowest BCUT2D eigenvalue weighted by Gasteiger charge is -2.28. The van der Waals surface area contributed by atoms with E-state index >= 15 is 0 Å². The van der Waals surface area contributed by atoms with E-state index in [4.69, 9.17) is 4.74 Å². The van der Waals surface area contributed by atoms with Gasteiger partial charge in [0.15, 0.2) is 5.75 Å². The molecule has 1 heterocycles. The number of nitro groups is 1. The fourth-order valence-electron chi connectivity index (χ4n) is 4.28. The van der Waals surface area contributed by atoms with Crippen molar-refractivity contribution in [1.82, 2.24) is 9.80 Å². The molecule has 0 spiro atoms. The highest BCUT2D eigenvalue weighted by molar-refractivity contribution is 6.46. The van der Waals surface area contributed by atoms with Crippen molar-refractivity contribution in [3.05, 3.63) is 68.8 Å². The van der Waals surface area contributed by atoms with E-state index in [1.165, 1.54) is 18.1 Å². The van der Waals surface area contributed by atoms with Crippen molar-refractivity contribution in [3.8, 4) is 11.5 Å². The Kier molecular flexibility index (Phi) is 7.75. The van der Waals surface area contributed by atoms with Gasteiger partial charge in [0.1, 0.15) is 11.5 Å². The summed E-state index contributed by atoms with van der Waals surface area (Å²) in [5.41, 5.74) is 0.531. The number of benzene rings is 2. The van der Waals surface area contributed by atoms with Gasteiger partial charge in [-0.3, -0.25) is 19.7 Å². The highest BCUT2D eigenvalue weighted by Crippen LogP contribution is 2.41. The van der Waals surface area contributed by atoms with Gasteiger partial charge in [-0.2, -0.15) is 0 Å². The monoisotopic (exact) mass is 483 g/mol. The Labute approximate surface area is 203 Å². The molecular weight excluding hydrogens is 454 g/mol. The number of aliphatic hydroxyl groups excluding tert-OH is 1. The van der Waals surface area contributed by atoms with Crippen molar-refractivity contribution in [1.29, 1.82) is 0 Å². The second-order valence-corrected chi connectivity index (χ2v) is 8.21. The van der Waals surface area contributed by atoms with Crippen LogP contribution in [-0.4, -0.2) is 69.9 Å². The van der Waals surface area contributed by atoms with E-state index < -0.39 is 34.1 Å². The van der Waals surface area contributed by atoms with E-state index in [0.29, 0.717) is 23.4 Å². The number of nitrogens with zero attached hydrogens (tertiary/aromatic N) is 3. The van der Waals surface area contributed by atoms with Gasteiger partial charge in [-0.25, -0.2) is 0 Å². The number of aryl methyl sites for hydroxylation is 1. The summed E-state index contributed by atoms with van der Waals surface area (Å²) in [6.45, 7) is 7.85. The predicted molar refractivity (Wildman–Crippen MR) is 129 cm³/mol. The van der Waals surface area contributed by atoms with Crippen LogP contribution in [0.5, 0.6) is 11.5 Å². The third-order valence-electron chi connectivity index (χ3n) is 6.27. The molecule has 10 nitrogen and oxygen atoms in total. The third-order valence-corrected chi connectivity index (χ3v) is 6.27. The molecule has 1 amide bonds. The number of hydrogen-bond acceptors (Lipinski definition) is 8. The number of hydrogen-bond donors (Lipinski definition) is 2. The van der Waals surface area contributed by atoms with E-state index in [-0.39, 0.29) is 23.4 Å². The van der Waals surface area contributed by atoms with E-state index in [0.717, 1.165) is 25.2 Å². The number of methoxy groups -OCH3 is 1. The van der Waals surface area contributed by atoms with E-state index in [9.17, 15) is 29.9 Å². The molecule has 186 valence electrons. The normalized spacial score (nSPS) is 17.3. The number of ether oxygens (including phenoxy) is 1. The number of phenols is 1. The van der Waals surface area contributed by atoms with Crippen LogP contribution < -0.4 is 4.74 Å². The maximum absolute atomic E-state index is 13.2. The van der Waals surface area contributed by atoms with Gasteiger partial charge in [-0.1, -0.05) is 19.9 Å². The van der Waals surface area contributed by atoms with Crippen molar-refractivity contribution in [2.45, 2.75) is 26.8 Å². The molecule has 0 radical (unpaired) electrons. The summed E-state index contributed by atoms with van der Waals surface area (Å²) in [6.07, 6.45) is 0. The lowest BCUT2D eigenvalue weighted by Crippen LogP contribution is -2.38. The number of carbonyl (C=O) groups is 2. The minimum absolute atomic E-state index is 0.167. The van der Waals surface area contributed by atoms with Crippen LogP contribution in [0.15, 0.2) is 42.0 Å². The molecule has 1 aliphatic rings. The molecule has 35 heavy (non-hydrogen) atoms. The summed E-state index contributed by atoms with van der Waals surface area (Å²) < 4.78 is 5.25. The molecule has 0 aliphatic carbocycles. The maximum atomic E-state index is 13.2. The lowest BCUT2D eigenvalue weighted by atomic mass is 9.94. The van der Waals surface area contributed by atoms with Gasteiger partial charge in [0, 0.05) is 24.7 Å². The Bertz CT molecular complexity index is 1190. The fourth-order valence-corrected chi connectivity index (χ4v) is 4.28. The van der Waals surface area contributed by atoms with Crippen molar-refractivity contribution in [2.75, 3.05) is 33.3 Å². The highest BCUT2D eigenvalue weighted by atomic mass is 16.6. The lowest BCUT2D eigenvalue weighted by molar-refractivity contribution is -0.385. The molecule has 1 aliphatic heterocycles. The summed E-state index contributed by atoms with van der Waals surface area (Å²) in [6, 6.07) is 7.47. The van der Waals surface area contributed by atoms with Crippen LogP contribution in [0.4, 0.5) is 5.69 Å². The molecule has 1 saturated heterocycles. The quantitative estimate of drug-likeness (QED) is 0.182. The first-order valence-electron chi connectivity index (χ1n) is 11.3. The minimum Gasteiger partial charge on any atom is -0.507 e. The Morgan fingerprint density at radius 1 is 1.17 bits per heavy atom. The van der Waals surface area contributed by atoms with Gasteiger partial charge in [0.25, 0.3) is 11.7 Å². The zero-order chi connectivity index (χ0) is 25.9. The van der Waals surface area contributed by atoms with Gasteiger partial charge < -0.3 is 24.7 Å².